The van der Waals surface area contributed by atoms with Crippen LogP contribution in [0.3, 0.4) is 0 Å². The third-order valence-electron chi connectivity index (χ3n) is 3.42. The fourth-order valence-corrected chi connectivity index (χ4v) is 2.60. The summed E-state index contributed by atoms with van der Waals surface area (Å²) in [6.07, 6.45) is 1.63. The van der Waals surface area contributed by atoms with Gasteiger partial charge in [0.25, 0.3) is 0 Å². The van der Waals surface area contributed by atoms with Crippen molar-refractivity contribution in [1.82, 2.24) is 10.1 Å². The van der Waals surface area contributed by atoms with Crippen LogP contribution in [0.5, 0.6) is 0 Å². The van der Waals surface area contributed by atoms with E-state index in [1.54, 1.807) is 4.90 Å². The number of rotatable bonds is 1. The minimum absolute atomic E-state index is 0.169. The Kier molecular flexibility index (Phi) is 3.92. The van der Waals surface area contributed by atoms with Crippen LogP contribution in [-0.2, 0) is 4.74 Å². The van der Waals surface area contributed by atoms with Gasteiger partial charge in [0.05, 0.1) is 5.69 Å². The summed E-state index contributed by atoms with van der Waals surface area (Å²) in [4.78, 5) is 13.9. The maximum atomic E-state index is 12.1. The molecule has 0 aromatic carbocycles. The Labute approximate surface area is 119 Å². The summed E-state index contributed by atoms with van der Waals surface area (Å²) in [6, 6.07) is 0. The molecule has 112 valence electrons. The predicted octanol–water partition coefficient (Wildman–Crippen LogP) is 2.68. The van der Waals surface area contributed by atoms with Gasteiger partial charge in [-0.1, -0.05) is 5.16 Å². The van der Waals surface area contributed by atoms with Gasteiger partial charge in [-0.05, 0) is 40.5 Å². The Bertz CT molecular complexity index is 471. The van der Waals surface area contributed by atoms with Crippen LogP contribution >= 0.6 is 0 Å². The molecular weight excluding hydrogens is 258 g/mol. The lowest BCUT2D eigenvalue weighted by molar-refractivity contribution is 0.0198. The number of aryl methyl sites for hydroxylation is 1. The molecule has 0 radical (unpaired) electrons. The first-order valence-electron chi connectivity index (χ1n) is 6.97. The Hall–Kier alpha value is -1.72. The van der Waals surface area contributed by atoms with Crippen molar-refractivity contribution in [1.29, 1.82) is 0 Å². The highest BCUT2D eigenvalue weighted by Gasteiger charge is 2.31. The standard InChI is InChI=1S/C14H23N3O3/c1-9-11(12(15)20-16-9)10-6-5-7-17(8-10)13(18)19-14(2,3)4/h10H,5-8,15H2,1-4H3. The maximum absolute atomic E-state index is 12.1. The van der Waals surface area contributed by atoms with Crippen molar-refractivity contribution >= 4 is 12.0 Å². The second-order valence-electron chi connectivity index (χ2n) is 6.31. The number of nitrogen functional groups attached to an aromatic ring is 1. The minimum atomic E-state index is -0.476. The van der Waals surface area contributed by atoms with Crippen LogP contribution in [0.2, 0.25) is 0 Å². The second kappa shape index (κ2) is 5.34. The highest BCUT2D eigenvalue weighted by atomic mass is 16.6. The number of likely N-dealkylation sites (tertiary alicyclic amines) is 1. The molecule has 0 spiro atoms. The number of ether oxygens (including phenoxy) is 1. The third kappa shape index (κ3) is 3.23. The summed E-state index contributed by atoms with van der Waals surface area (Å²) in [5, 5.41) is 3.89. The summed E-state index contributed by atoms with van der Waals surface area (Å²) in [6.45, 7) is 8.80. The first-order chi connectivity index (χ1) is 9.28. The number of piperidine rings is 1. The SMILES string of the molecule is Cc1noc(N)c1C1CCCN(C(=O)OC(C)(C)C)C1. The van der Waals surface area contributed by atoms with E-state index in [1.807, 2.05) is 27.7 Å². The number of carbonyl (C=O) groups excluding carboxylic acids is 1. The van der Waals surface area contributed by atoms with Crippen molar-refractivity contribution < 1.29 is 14.1 Å². The van der Waals surface area contributed by atoms with Crippen LogP contribution in [0.25, 0.3) is 0 Å². The summed E-state index contributed by atoms with van der Waals surface area (Å²) in [5.41, 5.74) is 7.09. The molecule has 1 fully saturated rings. The molecule has 2 rings (SSSR count). The molecule has 0 aliphatic carbocycles. The van der Waals surface area contributed by atoms with Gasteiger partial charge in [0.1, 0.15) is 5.60 Å². The largest absolute Gasteiger partial charge is 0.444 e. The van der Waals surface area contributed by atoms with Gasteiger partial charge in [-0.3, -0.25) is 0 Å². The number of carbonyl (C=O) groups is 1. The van der Waals surface area contributed by atoms with E-state index in [0.717, 1.165) is 30.6 Å². The minimum Gasteiger partial charge on any atom is -0.444 e. The summed E-state index contributed by atoms with van der Waals surface area (Å²) >= 11 is 0. The third-order valence-corrected chi connectivity index (χ3v) is 3.42. The first-order valence-corrected chi connectivity index (χ1v) is 6.97. The van der Waals surface area contributed by atoms with E-state index in [9.17, 15) is 4.79 Å². The van der Waals surface area contributed by atoms with E-state index in [2.05, 4.69) is 5.16 Å². The van der Waals surface area contributed by atoms with Gasteiger partial charge in [0, 0.05) is 24.6 Å². The molecule has 20 heavy (non-hydrogen) atoms. The van der Waals surface area contributed by atoms with E-state index in [-0.39, 0.29) is 12.0 Å². The van der Waals surface area contributed by atoms with Crippen molar-refractivity contribution in [3.05, 3.63) is 11.3 Å². The molecule has 2 heterocycles. The fraction of sp³-hybridized carbons (Fsp3) is 0.714. The zero-order valence-corrected chi connectivity index (χ0v) is 12.6. The topological polar surface area (TPSA) is 81.6 Å². The fourth-order valence-electron chi connectivity index (χ4n) is 2.60. The number of aromatic nitrogens is 1. The number of amides is 1. The molecule has 1 aliphatic heterocycles. The van der Waals surface area contributed by atoms with Gasteiger partial charge in [0.15, 0.2) is 0 Å². The molecule has 6 heteroatoms. The Morgan fingerprint density at radius 1 is 1.50 bits per heavy atom. The van der Waals surface area contributed by atoms with Crippen LogP contribution < -0.4 is 5.73 Å². The molecule has 1 aromatic heterocycles. The zero-order chi connectivity index (χ0) is 14.9. The van der Waals surface area contributed by atoms with Crippen molar-refractivity contribution in [2.24, 2.45) is 0 Å². The van der Waals surface area contributed by atoms with Gasteiger partial charge in [-0.25, -0.2) is 4.79 Å². The van der Waals surface area contributed by atoms with Gasteiger partial charge in [-0.15, -0.1) is 0 Å². The summed E-state index contributed by atoms with van der Waals surface area (Å²) < 4.78 is 10.4. The number of hydrogen-bond donors (Lipinski definition) is 1. The molecule has 1 aromatic rings. The monoisotopic (exact) mass is 281 g/mol. The highest BCUT2D eigenvalue weighted by Crippen LogP contribution is 2.33. The van der Waals surface area contributed by atoms with E-state index >= 15 is 0 Å². The van der Waals surface area contributed by atoms with Gasteiger partial charge < -0.3 is 19.9 Å². The zero-order valence-electron chi connectivity index (χ0n) is 12.6. The van der Waals surface area contributed by atoms with Crippen molar-refractivity contribution in [3.63, 3.8) is 0 Å². The molecule has 2 N–H and O–H groups in total. The van der Waals surface area contributed by atoms with Crippen molar-refractivity contribution in [3.8, 4) is 0 Å². The van der Waals surface area contributed by atoms with Crippen LogP contribution in [-0.4, -0.2) is 34.8 Å². The Balaban J connectivity index is 2.08. The highest BCUT2D eigenvalue weighted by molar-refractivity contribution is 5.68. The quantitative estimate of drug-likeness (QED) is 0.855. The molecule has 1 unspecified atom stereocenters. The van der Waals surface area contributed by atoms with E-state index in [4.69, 9.17) is 15.0 Å². The predicted molar refractivity (Wildman–Crippen MR) is 75.4 cm³/mol. The van der Waals surface area contributed by atoms with Crippen LogP contribution in [0.15, 0.2) is 4.52 Å². The average Bonchev–Trinajstić information content (AvgIpc) is 2.67. The van der Waals surface area contributed by atoms with Gasteiger partial charge in [0.2, 0.25) is 5.88 Å². The smallest absolute Gasteiger partial charge is 0.410 e. The Morgan fingerprint density at radius 2 is 2.20 bits per heavy atom. The molecule has 1 atom stereocenters. The molecule has 0 saturated carbocycles. The summed E-state index contributed by atoms with van der Waals surface area (Å²) in [5.74, 6) is 0.529. The average molecular weight is 281 g/mol. The molecule has 1 saturated heterocycles. The van der Waals surface area contributed by atoms with Crippen molar-refractivity contribution in [2.75, 3.05) is 18.8 Å². The first kappa shape index (κ1) is 14.7. The normalized spacial score (nSPS) is 20.0. The Morgan fingerprint density at radius 3 is 2.75 bits per heavy atom. The summed E-state index contributed by atoms with van der Waals surface area (Å²) in [7, 11) is 0. The van der Waals surface area contributed by atoms with Gasteiger partial charge >= 0.3 is 6.09 Å². The number of anilines is 1. The van der Waals surface area contributed by atoms with E-state index in [0.29, 0.717) is 12.4 Å². The van der Waals surface area contributed by atoms with Gasteiger partial charge in [-0.2, -0.15) is 0 Å². The lowest BCUT2D eigenvalue weighted by atomic mass is 9.90. The molecule has 6 nitrogen and oxygen atoms in total. The van der Waals surface area contributed by atoms with E-state index in [1.165, 1.54) is 0 Å². The van der Waals surface area contributed by atoms with Crippen LogP contribution in [0.4, 0.5) is 10.7 Å². The van der Waals surface area contributed by atoms with Crippen LogP contribution in [0.1, 0.15) is 50.8 Å². The second-order valence-corrected chi connectivity index (χ2v) is 6.31. The van der Waals surface area contributed by atoms with Crippen molar-refractivity contribution in [2.45, 2.75) is 52.1 Å². The number of nitrogens with zero attached hydrogens (tertiary/aromatic N) is 2. The van der Waals surface area contributed by atoms with E-state index < -0.39 is 5.60 Å². The molecule has 1 aliphatic rings. The number of nitrogens with two attached hydrogens (primary N) is 1. The lowest BCUT2D eigenvalue weighted by Crippen LogP contribution is -2.42. The number of hydrogen-bond acceptors (Lipinski definition) is 5. The molecule has 1 amide bonds. The maximum Gasteiger partial charge on any atom is 0.410 e. The molecule has 0 bridgehead atoms. The lowest BCUT2D eigenvalue weighted by Gasteiger charge is -2.34. The molecular formula is C14H23N3O3. The van der Waals surface area contributed by atoms with Crippen LogP contribution in [0, 0.1) is 6.92 Å².